The second-order valence-electron chi connectivity index (χ2n) is 6.23. The molecule has 0 unspecified atom stereocenters. The van der Waals surface area contributed by atoms with Crippen molar-refractivity contribution in [3.05, 3.63) is 76.5 Å². The molecule has 2 heterocycles. The van der Waals surface area contributed by atoms with Crippen molar-refractivity contribution in [1.29, 1.82) is 0 Å². The van der Waals surface area contributed by atoms with Crippen LogP contribution in [0, 0.1) is 12.7 Å². The molecule has 4 aromatic rings. The molecule has 0 atom stereocenters. The third kappa shape index (κ3) is 3.31. The molecule has 0 saturated heterocycles. The van der Waals surface area contributed by atoms with E-state index in [1.807, 2.05) is 0 Å². The lowest BCUT2D eigenvalue weighted by atomic mass is 10.1. The Labute approximate surface area is 159 Å². The second kappa shape index (κ2) is 6.89. The van der Waals surface area contributed by atoms with E-state index in [1.54, 1.807) is 54.5 Å². The lowest BCUT2D eigenvalue weighted by Crippen LogP contribution is -2.04. The number of hydrogen-bond acceptors (Lipinski definition) is 4. The molecule has 0 saturated carbocycles. The number of aldehydes is 1. The fraction of sp³-hybridized carbons (Fsp3) is 0.100. The Bertz CT molecular complexity index is 1150. The van der Waals surface area contributed by atoms with Crippen molar-refractivity contribution >= 4 is 28.8 Å². The van der Waals surface area contributed by atoms with Crippen LogP contribution in [-0.2, 0) is 6.54 Å². The van der Waals surface area contributed by atoms with Gasteiger partial charge in [-0.2, -0.15) is 5.10 Å². The van der Waals surface area contributed by atoms with E-state index in [1.165, 1.54) is 6.07 Å². The molecule has 2 aromatic heterocycles. The standard InChI is InChI=1S/C20H14ClFN4O/c1-12-2-3-14(6-18(12)22)20-23-7-13(8-24-20)10-26-19-15(9-25-26)4-17(21)5-16(19)11-27/h2-9,11H,10H2,1H3. The van der Waals surface area contributed by atoms with Gasteiger partial charge in [0.25, 0.3) is 0 Å². The zero-order valence-corrected chi connectivity index (χ0v) is 15.1. The van der Waals surface area contributed by atoms with Crippen molar-refractivity contribution in [2.45, 2.75) is 13.5 Å². The van der Waals surface area contributed by atoms with Gasteiger partial charge in [0.1, 0.15) is 5.82 Å². The van der Waals surface area contributed by atoms with Gasteiger partial charge in [0.15, 0.2) is 12.1 Å². The average Bonchev–Trinajstić information content (AvgIpc) is 3.06. The summed E-state index contributed by atoms with van der Waals surface area (Å²) in [5.74, 6) is 0.159. The molecule has 0 bridgehead atoms. The lowest BCUT2D eigenvalue weighted by molar-refractivity contribution is 0.112. The molecule has 134 valence electrons. The second-order valence-corrected chi connectivity index (χ2v) is 6.67. The van der Waals surface area contributed by atoms with Gasteiger partial charge in [-0.15, -0.1) is 0 Å². The van der Waals surface area contributed by atoms with Crippen molar-refractivity contribution in [2.24, 2.45) is 0 Å². The number of carbonyl (C=O) groups is 1. The molecule has 0 amide bonds. The van der Waals surface area contributed by atoms with Crippen LogP contribution >= 0.6 is 11.6 Å². The molecule has 4 rings (SSSR count). The molecule has 0 fully saturated rings. The summed E-state index contributed by atoms with van der Waals surface area (Å²) in [7, 11) is 0. The quantitative estimate of drug-likeness (QED) is 0.490. The SMILES string of the molecule is Cc1ccc(-c2ncc(Cn3ncc4cc(Cl)cc(C=O)c43)cn2)cc1F. The van der Waals surface area contributed by atoms with Gasteiger partial charge in [0.2, 0.25) is 0 Å². The van der Waals surface area contributed by atoms with E-state index in [4.69, 9.17) is 11.6 Å². The van der Waals surface area contributed by atoms with Crippen molar-refractivity contribution < 1.29 is 9.18 Å². The molecule has 0 aliphatic heterocycles. The first-order chi connectivity index (χ1) is 13.0. The van der Waals surface area contributed by atoms with Crippen LogP contribution in [0.4, 0.5) is 4.39 Å². The number of nitrogens with zero attached hydrogens (tertiary/aromatic N) is 4. The molecule has 7 heteroatoms. The van der Waals surface area contributed by atoms with Crippen LogP contribution in [0.3, 0.4) is 0 Å². The highest BCUT2D eigenvalue weighted by Gasteiger charge is 2.11. The smallest absolute Gasteiger partial charge is 0.159 e. The Kier molecular flexibility index (Phi) is 4.41. The Morgan fingerprint density at radius 1 is 1.15 bits per heavy atom. The number of carbonyl (C=O) groups excluding carboxylic acids is 1. The monoisotopic (exact) mass is 380 g/mol. The first kappa shape index (κ1) is 17.3. The molecule has 0 spiro atoms. The van der Waals surface area contributed by atoms with Crippen LogP contribution in [0.5, 0.6) is 0 Å². The Morgan fingerprint density at radius 3 is 2.63 bits per heavy atom. The summed E-state index contributed by atoms with van der Waals surface area (Å²) in [5.41, 5.74) is 3.18. The van der Waals surface area contributed by atoms with Crippen LogP contribution < -0.4 is 0 Å². The Hall–Kier alpha value is -3.12. The maximum absolute atomic E-state index is 13.7. The summed E-state index contributed by atoms with van der Waals surface area (Å²) >= 11 is 6.03. The van der Waals surface area contributed by atoms with Gasteiger partial charge in [0.05, 0.1) is 18.3 Å². The van der Waals surface area contributed by atoms with E-state index in [0.29, 0.717) is 39.6 Å². The van der Waals surface area contributed by atoms with Gasteiger partial charge in [-0.05, 0) is 30.7 Å². The lowest BCUT2D eigenvalue weighted by Gasteiger charge is -2.07. The molecule has 0 aliphatic carbocycles. The summed E-state index contributed by atoms with van der Waals surface area (Å²) < 4.78 is 15.4. The van der Waals surface area contributed by atoms with Gasteiger partial charge in [0, 0.05) is 39.5 Å². The summed E-state index contributed by atoms with van der Waals surface area (Å²) in [5, 5.41) is 5.61. The van der Waals surface area contributed by atoms with Crippen LogP contribution in [0.1, 0.15) is 21.5 Å². The van der Waals surface area contributed by atoms with E-state index in [9.17, 15) is 9.18 Å². The van der Waals surface area contributed by atoms with E-state index in [2.05, 4.69) is 15.1 Å². The van der Waals surface area contributed by atoms with Gasteiger partial charge >= 0.3 is 0 Å². The van der Waals surface area contributed by atoms with Crippen molar-refractivity contribution in [3.8, 4) is 11.4 Å². The minimum Gasteiger partial charge on any atom is -0.298 e. The highest BCUT2D eigenvalue weighted by atomic mass is 35.5. The summed E-state index contributed by atoms with van der Waals surface area (Å²) in [4.78, 5) is 20.0. The first-order valence-electron chi connectivity index (χ1n) is 8.23. The highest BCUT2D eigenvalue weighted by Crippen LogP contribution is 2.24. The number of halogens is 2. The number of aryl methyl sites for hydroxylation is 1. The molecular weight excluding hydrogens is 367 g/mol. The van der Waals surface area contributed by atoms with Crippen LogP contribution in [-0.4, -0.2) is 26.0 Å². The van der Waals surface area contributed by atoms with Gasteiger partial charge < -0.3 is 0 Å². The van der Waals surface area contributed by atoms with Gasteiger partial charge in [-0.25, -0.2) is 14.4 Å². The molecule has 2 aromatic carbocycles. The van der Waals surface area contributed by atoms with Gasteiger partial charge in [-0.3, -0.25) is 9.48 Å². The predicted octanol–water partition coefficient (Wildman–Crippen LogP) is 4.46. The topological polar surface area (TPSA) is 60.7 Å². The number of aromatic nitrogens is 4. The number of rotatable bonds is 4. The third-order valence-corrected chi connectivity index (χ3v) is 4.54. The molecule has 0 aliphatic rings. The normalized spacial score (nSPS) is 11.1. The number of fused-ring (bicyclic) bond motifs is 1. The number of hydrogen-bond donors (Lipinski definition) is 0. The summed E-state index contributed by atoms with van der Waals surface area (Å²) in [6.45, 7) is 2.10. The maximum atomic E-state index is 13.7. The minimum atomic E-state index is -0.289. The van der Waals surface area contributed by atoms with E-state index < -0.39 is 0 Å². The van der Waals surface area contributed by atoms with E-state index in [-0.39, 0.29) is 5.82 Å². The van der Waals surface area contributed by atoms with Crippen molar-refractivity contribution in [1.82, 2.24) is 19.7 Å². The van der Waals surface area contributed by atoms with Crippen molar-refractivity contribution in [2.75, 3.05) is 0 Å². The molecular formula is C20H14ClFN4O. The number of benzene rings is 2. The maximum Gasteiger partial charge on any atom is 0.159 e. The molecule has 0 N–H and O–H groups in total. The fourth-order valence-electron chi connectivity index (χ4n) is 2.93. The predicted molar refractivity (Wildman–Crippen MR) is 101 cm³/mol. The molecule has 5 nitrogen and oxygen atoms in total. The van der Waals surface area contributed by atoms with Crippen molar-refractivity contribution in [3.63, 3.8) is 0 Å². The fourth-order valence-corrected chi connectivity index (χ4v) is 3.16. The first-order valence-corrected chi connectivity index (χ1v) is 8.60. The highest BCUT2D eigenvalue weighted by molar-refractivity contribution is 6.31. The summed E-state index contributed by atoms with van der Waals surface area (Å²) in [6, 6.07) is 8.28. The van der Waals surface area contributed by atoms with Crippen LogP contribution in [0.25, 0.3) is 22.3 Å². The van der Waals surface area contributed by atoms with Crippen LogP contribution in [0.15, 0.2) is 48.9 Å². The molecule has 0 radical (unpaired) electrons. The molecule has 27 heavy (non-hydrogen) atoms. The Balaban J connectivity index is 1.65. The Morgan fingerprint density at radius 2 is 1.93 bits per heavy atom. The third-order valence-electron chi connectivity index (χ3n) is 4.32. The summed E-state index contributed by atoms with van der Waals surface area (Å²) in [6.07, 6.45) is 5.77. The van der Waals surface area contributed by atoms with Crippen LogP contribution in [0.2, 0.25) is 5.02 Å². The average molecular weight is 381 g/mol. The van der Waals surface area contributed by atoms with E-state index >= 15 is 0 Å². The largest absolute Gasteiger partial charge is 0.298 e. The van der Waals surface area contributed by atoms with Gasteiger partial charge in [-0.1, -0.05) is 23.7 Å². The minimum absolute atomic E-state index is 0.289. The zero-order chi connectivity index (χ0) is 19.0. The zero-order valence-electron chi connectivity index (χ0n) is 14.4. The van der Waals surface area contributed by atoms with E-state index in [0.717, 1.165) is 17.2 Å².